The van der Waals surface area contributed by atoms with E-state index in [1.165, 1.54) is 5.01 Å². The summed E-state index contributed by atoms with van der Waals surface area (Å²) >= 11 is 1.73. The van der Waals surface area contributed by atoms with Crippen LogP contribution in [0.2, 0.25) is 0 Å². The van der Waals surface area contributed by atoms with Crippen LogP contribution in [-0.2, 0) is 11.2 Å². The van der Waals surface area contributed by atoms with Crippen molar-refractivity contribution in [2.75, 3.05) is 13.1 Å². The molecule has 2 aromatic heterocycles. The summed E-state index contributed by atoms with van der Waals surface area (Å²) in [5.41, 5.74) is 2.90. The van der Waals surface area contributed by atoms with Crippen LogP contribution in [0.25, 0.3) is 0 Å². The van der Waals surface area contributed by atoms with Crippen LogP contribution in [-0.4, -0.2) is 34.0 Å². The maximum atomic E-state index is 13.0. The van der Waals surface area contributed by atoms with Crippen LogP contribution in [0.5, 0.6) is 0 Å². The minimum absolute atomic E-state index is 0.168. The third-order valence-corrected chi connectivity index (χ3v) is 5.96. The van der Waals surface area contributed by atoms with E-state index >= 15 is 0 Å². The number of aryl methyl sites for hydroxylation is 3. The van der Waals surface area contributed by atoms with E-state index in [9.17, 15) is 4.79 Å². The summed E-state index contributed by atoms with van der Waals surface area (Å²) in [6.07, 6.45) is 3.11. The Morgan fingerprint density at radius 1 is 1.50 bits per heavy atom. The molecule has 3 rings (SSSR count). The maximum absolute atomic E-state index is 13.0. The van der Waals surface area contributed by atoms with Crippen molar-refractivity contribution in [3.05, 3.63) is 33.1 Å². The van der Waals surface area contributed by atoms with Gasteiger partial charge in [-0.15, -0.1) is 11.3 Å². The maximum Gasteiger partial charge on any atom is 0.230 e. The third kappa shape index (κ3) is 3.24. The Hall–Kier alpha value is -1.69. The molecule has 6 heteroatoms. The van der Waals surface area contributed by atoms with Gasteiger partial charge in [0.1, 0.15) is 5.76 Å². The lowest BCUT2D eigenvalue weighted by molar-refractivity contribution is -0.133. The Labute approximate surface area is 147 Å². The number of thiazole rings is 1. The standard InChI is InChI=1S/C18H25N3O2S/c1-5-15-10-24-17(19-15)14-7-6-8-21(9-14)18(22)11(2)16-12(3)20-23-13(16)4/h10-11,14H,5-9H2,1-4H3/t11-,14-/m0/s1. The van der Waals surface area contributed by atoms with Gasteiger partial charge in [0.15, 0.2) is 0 Å². The lowest BCUT2D eigenvalue weighted by atomic mass is 9.94. The molecule has 5 nitrogen and oxygen atoms in total. The molecule has 24 heavy (non-hydrogen) atoms. The van der Waals surface area contributed by atoms with Gasteiger partial charge in [0, 0.05) is 30.0 Å². The van der Waals surface area contributed by atoms with Gasteiger partial charge in [-0.2, -0.15) is 0 Å². The Morgan fingerprint density at radius 3 is 2.92 bits per heavy atom. The molecule has 1 saturated heterocycles. The number of aromatic nitrogens is 2. The van der Waals surface area contributed by atoms with Crippen molar-refractivity contribution in [1.82, 2.24) is 15.0 Å². The summed E-state index contributed by atoms with van der Waals surface area (Å²) in [6.45, 7) is 9.45. The molecule has 1 amide bonds. The van der Waals surface area contributed by atoms with E-state index in [2.05, 4.69) is 17.5 Å². The van der Waals surface area contributed by atoms with Crippen molar-refractivity contribution >= 4 is 17.2 Å². The molecule has 0 saturated carbocycles. The number of piperidine rings is 1. The number of carbonyl (C=O) groups is 1. The molecule has 1 aliphatic rings. The number of hydrogen-bond donors (Lipinski definition) is 0. The highest BCUT2D eigenvalue weighted by Gasteiger charge is 2.31. The summed E-state index contributed by atoms with van der Waals surface area (Å²) in [5, 5.41) is 7.30. The molecule has 0 spiro atoms. The largest absolute Gasteiger partial charge is 0.361 e. The quantitative estimate of drug-likeness (QED) is 0.843. The van der Waals surface area contributed by atoms with Crippen molar-refractivity contribution in [1.29, 1.82) is 0 Å². The first-order chi connectivity index (χ1) is 11.5. The van der Waals surface area contributed by atoms with Crippen LogP contribution in [0.3, 0.4) is 0 Å². The smallest absolute Gasteiger partial charge is 0.230 e. The summed E-state index contributed by atoms with van der Waals surface area (Å²) in [4.78, 5) is 19.7. The van der Waals surface area contributed by atoms with Crippen molar-refractivity contribution in [3.8, 4) is 0 Å². The number of carbonyl (C=O) groups excluding carboxylic acids is 1. The van der Waals surface area contributed by atoms with Crippen molar-refractivity contribution in [2.45, 2.75) is 58.8 Å². The second-order valence-corrected chi connectivity index (χ2v) is 7.50. The minimum atomic E-state index is -0.211. The average molecular weight is 347 g/mol. The molecule has 130 valence electrons. The molecule has 0 aromatic carbocycles. The lowest BCUT2D eigenvalue weighted by Crippen LogP contribution is -2.41. The van der Waals surface area contributed by atoms with Gasteiger partial charge in [-0.25, -0.2) is 4.98 Å². The van der Waals surface area contributed by atoms with E-state index in [1.807, 2.05) is 25.7 Å². The number of rotatable bonds is 4. The van der Waals surface area contributed by atoms with Gasteiger partial charge in [0.05, 0.1) is 22.3 Å². The topological polar surface area (TPSA) is 59.2 Å². The van der Waals surface area contributed by atoms with Gasteiger partial charge in [-0.1, -0.05) is 12.1 Å². The first kappa shape index (κ1) is 17.1. The average Bonchev–Trinajstić information content (AvgIpc) is 3.20. The summed E-state index contributed by atoms with van der Waals surface area (Å²) < 4.78 is 5.23. The normalized spacial score (nSPS) is 19.5. The van der Waals surface area contributed by atoms with Crippen LogP contribution in [0.1, 0.15) is 66.2 Å². The number of likely N-dealkylation sites (tertiary alicyclic amines) is 1. The highest BCUT2D eigenvalue weighted by Crippen LogP contribution is 2.32. The predicted molar refractivity (Wildman–Crippen MR) is 94.4 cm³/mol. The lowest BCUT2D eigenvalue weighted by Gasteiger charge is -2.33. The van der Waals surface area contributed by atoms with Crippen LogP contribution < -0.4 is 0 Å². The summed E-state index contributed by atoms with van der Waals surface area (Å²) in [5.74, 6) is 1.07. The first-order valence-corrected chi connectivity index (χ1v) is 9.55. The van der Waals surface area contributed by atoms with E-state index in [1.54, 1.807) is 11.3 Å². The van der Waals surface area contributed by atoms with E-state index < -0.39 is 0 Å². The van der Waals surface area contributed by atoms with Crippen molar-refractivity contribution in [3.63, 3.8) is 0 Å². The molecule has 3 heterocycles. The summed E-state index contributed by atoms with van der Waals surface area (Å²) in [7, 11) is 0. The highest BCUT2D eigenvalue weighted by molar-refractivity contribution is 7.09. The highest BCUT2D eigenvalue weighted by atomic mass is 32.1. The number of hydrogen-bond acceptors (Lipinski definition) is 5. The van der Waals surface area contributed by atoms with Gasteiger partial charge in [-0.3, -0.25) is 4.79 Å². The fourth-order valence-electron chi connectivity index (χ4n) is 3.56. The minimum Gasteiger partial charge on any atom is -0.361 e. The SMILES string of the molecule is CCc1csc([C@H]2CCCN(C(=O)[C@@H](C)c3c(C)noc3C)C2)n1. The van der Waals surface area contributed by atoms with Crippen LogP contribution in [0, 0.1) is 13.8 Å². The molecule has 1 fully saturated rings. The zero-order valence-corrected chi connectivity index (χ0v) is 15.7. The molecule has 2 atom stereocenters. The van der Waals surface area contributed by atoms with Gasteiger partial charge in [0.25, 0.3) is 0 Å². The molecular weight excluding hydrogens is 322 g/mol. The molecule has 1 aliphatic heterocycles. The molecule has 0 N–H and O–H groups in total. The van der Waals surface area contributed by atoms with Gasteiger partial charge < -0.3 is 9.42 Å². The van der Waals surface area contributed by atoms with Crippen LogP contribution in [0.4, 0.5) is 0 Å². The molecular formula is C18H25N3O2S. The van der Waals surface area contributed by atoms with Gasteiger partial charge >= 0.3 is 0 Å². The predicted octanol–water partition coefficient (Wildman–Crippen LogP) is 3.82. The van der Waals surface area contributed by atoms with Crippen molar-refractivity contribution < 1.29 is 9.32 Å². The first-order valence-electron chi connectivity index (χ1n) is 8.67. The zero-order valence-electron chi connectivity index (χ0n) is 14.8. The fraction of sp³-hybridized carbons (Fsp3) is 0.611. The molecule has 2 aromatic rings. The number of amides is 1. The van der Waals surface area contributed by atoms with E-state index in [-0.39, 0.29) is 11.8 Å². The second kappa shape index (κ2) is 7.05. The van der Waals surface area contributed by atoms with E-state index in [4.69, 9.17) is 9.51 Å². The molecule has 0 radical (unpaired) electrons. The fourth-order valence-corrected chi connectivity index (χ4v) is 4.59. The molecule has 0 unspecified atom stereocenters. The monoisotopic (exact) mass is 347 g/mol. The third-order valence-electron chi connectivity index (χ3n) is 4.91. The zero-order chi connectivity index (χ0) is 17.3. The van der Waals surface area contributed by atoms with E-state index in [0.717, 1.165) is 55.1 Å². The van der Waals surface area contributed by atoms with E-state index in [0.29, 0.717) is 5.92 Å². The van der Waals surface area contributed by atoms with Crippen LogP contribution in [0.15, 0.2) is 9.90 Å². The second-order valence-electron chi connectivity index (χ2n) is 6.61. The van der Waals surface area contributed by atoms with Gasteiger partial charge in [0.2, 0.25) is 5.91 Å². The van der Waals surface area contributed by atoms with Gasteiger partial charge in [-0.05, 0) is 40.0 Å². The Balaban J connectivity index is 1.73. The Kier molecular flexibility index (Phi) is 5.04. The number of nitrogens with zero attached hydrogens (tertiary/aromatic N) is 3. The summed E-state index contributed by atoms with van der Waals surface area (Å²) in [6, 6.07) is 0. The van der Waals surface area contributed by atoms with Crippen molar-refractivity contribution in [2.24, 2.45) is 0 Å². The Morgan fingerprint density at radius 2 is 2.29 bits per heavy atom. The molecule has 0 aliphatic carbocycles. The molecule has 0 bridgehead atoms. The Bertz CT molecular complexity index is 702. The van der Waals surface area contributed by atoms with Crippen LogP contribution >= 0.6 is 11.3 Å².